The van der Waals surface area contributed by atoms with Crippen molar-refractivity contribution >= 4 is 80.6 Å². The van der Waals surface area contributed by atoms with E-state index in [1.54, 1.807) is 0 Å². The van der Waals surface area contributed by atoms with Crippen LogP contribution in [-0.2, 0) is 0 Å². The Morgan fingerprint density at radius 2 is 1.43 bits per heavy atom. The zero-order valence-electron chi connectivity index (χ0n) is 19.5. The number of nitrogens with zero attached hydrogens (tertiary/aromatic N) is 1. The summed E-state index contributed by atoms with van der Waals surface area (Å²) in [7, 11) is 0. The molecule has 1 atom stereocenters. The number of benzene rings is 5. The van der Waals surface area contributed by atoms with Crippen molar-refractivity contribution in [1.29, 1.82) is 0 Å². The Kier molecular flexibility index (Phi) is 3.92. The normalized spacial score (nSPS) is 16.4. The quantitative estimate of drug-likeness (QED) is 0.227. The molecule has 0 spiro atoms. The maximum Gasteiger partial charge on any atom is 0.0640 e. The molecule has 1 aliphatic carbocycles. The van der Waals surface area contributed by atoms with Crippen molar-refractivity contribution in [3.8, 4) is 0 Å². The van der Waals surface area contributed by atoms with Gasteiger partial charge in [0.2, 0.25) is 0 Å². The summed E-state index contributed by atoms with van der Waals surface area (Å²) in [6, 6.07) is 31.4. The van der Waals surface area contributed by atoms with Gasteiger partial charge in [-0.15, -0.1) is 11.3 Å². The summed E-state index contributed by atoms with van der Waals surface area (Å²) in [5, 5.41) is 10.8. The summed E-state index contributed by atoms with van der Waals surface area (Å²) in [4.78, 5) is 0. The van der Waals surface area contributed by atoms with E-state index < -0.39 is 0 Å². The van der Waals surface area contributed by atoms with E-state index >= 15 is 0 Å². The Balaban J connectivity index is 1.72. The van der Waals surface area contributed by atoms with E-state index in [2.05, 4.69) is 115 Å². The van der Waals surface area contributed by atoms with Gasteiger partial charge in [-0.1, -0.05) is 97.9 Å². The number of fused-ring (bicyclic) bond motifs is 12. The van der Waals surface area contributed by atoms with Gasteiger partial charge in [-0.05, 0) is 40.6 Å². The number of hydrogen-bond donors (Lipinski definition) is 0. The highest BCUT2D eigenvalue weighted by molar-refractivity contribution is 7.27. The molecule has 2 heterocycles. The molecule has 0 saturated carbocycles. The van der Waals surface area contributed by atoms with Crippen LogP contribution in [0.4, 0.5) is 0 Å². The van der Waals surface area contributed by atoms with Gasteiger partial charge in [0, 0.05) is 42.0 Å². The summed E-state index contributed by atoms with van der Waals surface area (Å²) < 4.78 is 5.30. The second-order valence-corrected chi connectivity index (χ2v) is 10.8. The largest absolute Gasteiger partial charge is 0.309 e. The molecular weight excluding hydrogens is 442 g/mol. The Labute approximate surface area is 207 Å². The first kappa shape index (κ1) is 19.4. The van der Waals surface area contributed by atoms with Gasteiger partial charge in [-0.3, -0.25) is 0 Å². The molecule has 0 radical (unpaired) electrons. The minimum absolute atomic E-state index is 0.533. The molecule has 5 aromatic carbocycles. The fourth-order valence-corrected chi connectivity index (χ4v) is 7.51. The van der Waals surface area contributed by atoms with Crippen LogP contribution in [0.25, 0.3) is 69.2 Å². The average Bonchev–Trinajstić information content (AvgIpc) is 3.46. The molecule has 8 rings (SSSR count). The highest BCUT2D eigenvalue weighted by Gasteiger charge is 2.23. The standard InChI is InChI=1S/C33H23NS/c1-20-9-8-11-22(19-20)34-28-16-7-6-15-26(28)29-24-13-4-5-14-25(24)33-30(31(29)34)27-18-17-21-10-2-3-12-23(21)32(27)35-33/h2-8,10-20H,9H2,1H3. The first-order chi connectivity index (χ1) is 17.3. The van der Waals surface area contributed by atoms with Crippen LogP contribution in [-0.4, -0.2) is 4.57 Å². The summed E-state index contributed by atoms with van der Waals surface area (Å²) in [5.41, 5.74) is 3.91. The van der Waals surface area contributed by atoms with Gasteiger partial charge < -0.3 is 4.57 Å². The zero-order chi connectivity index (χ0) is 23.1. The zero-order valence-corrected chi connectivity index (χ0v) is 20.3. The fourth-order valence-electron chi connectivity index (χ4n) is 6.13. The van der Waals surface area contributed by atoms with E-state index in [9.17, 15) is 0 Å². The molecule has 0 bridgehead atoms. The van der Waals surface area contributed by atoms with Crippen LogP contribution >= 0.6 is 11.3 Å². The van der Waals surface area contributed by atoms with E-state index in [1.165, 1.54) is 69.2 Å². The molecule has 1 nitrogen and oxygen atoms in total. The molecule has 2 aromatic heterocycles. The molecule has 2 heteroatoms. The third kappa shape index (κ3) is 2.58. The molecule has 1 unspecified atom stereocenters. The summed E-state index contributed by atoms with van der Waals surface area (Å²) in [6.45, 7) is 2.31. The van der Waals surface area contributed by atoms with Gasteiger partial charge in [-0.2, -0.15) is 0 Å². The van der Waals surface area contributed by atoms with Crippen molar-refractivity contribution in [2.45, 2.75) is 13.3 Å². The van der Waals surface area contributed by atoms with E-state index in [4.69, 9.17) is 0 Å². The molecule has 1 aliphatic rings. The van der Waals surface area contributed by atoms with Crippen LogP contribution < -0.4 is 0 Å². The average molecular weight is 466 g/mol. The van der Waals surface area contributed by atoms with E-state index in [1.807, 2.05) is 11.3 Å². The lowest BCUT2D eigenvalue weighted by Crippen LogP contribution is -2.01. The number of allylic oxidation sites excluding steroid dienone is 4. The first-order valence-electron chi connectivity index (χ1n) is 12.4. The SMILES string of the molecule is CC1C=C(n2c3ccccc3c3c4ccccc4c4sc5c6ccccc6ccc5c4c32)C=CC1. The molecular formula is C33H23NS. The summed E-state index contributed by atoms with van der Waals surface area (Å²) in [6.07, 6.45) is 8.19. The van der Waals surface area contributed by atoms with E-state index in [0.29, 0.717) is 5.92 Å². The molecule has 166 valence electrons. The van der Waals surface area contributed by atoms with Crippen molar-refractivity contribution in [3.05, 3.63) is 103 Å². The van der Waals surface area contributed by atoms with Gasteiger partial charge >= 0.3 is 0 Å². The van der Waals surface area contributed by atoms with Crippen LogP contribution in [0.15, 0.2) is 103 Å². The van der Waals surface area contributed by atoms with Gasteiger partial charge in [-0.25, -0.2) is 0 Å². The van der Waals surface area contributed by atoms with Gasteiger partial charge in [0.1, 0.15) is 0 Å². The Hall–Kier alpha value is -3.88. The van der Waals surface area contributed by atoms with Crippen molar-refractivity contribution < 1.29 is 0 Å². The lowest BCUT2D eigenvalue weighted by atomic mass is 9.98. The Morgan fingerprint density at radius 3 is 2.29 bits per heavy atom. The predicted molar refractivity (Wildman–Crippen MR) is 155 cm³/mol. The third-order valence-corrected chi connectivity index (χ3v) is 8.91. The number of rotatable bonds is 1. The smallest absolute Gasteiger partial charge is 0.0640 e. The Bertz CT molecular complexity index is 2050. The topological polar surface area (TPSA) is 4.93 Å². The fraction of sp³-hybridized carbons (Fsp3) is 0.0909. The molecule has 0 N–H and O–H groups in total. The van der Waals surface area contributed by atoms with E-state index in [-0.39, 0.29) is 0 Å². The molecule has 35 heavy (non-hydrogen) atoms. The van der Waals surface area contributed by atoms with Gasteiger partial charge in [0.15, 0.2) is 0 Å². The van der Waals surface area contributed by atoms with Crippen molar-refractivity contribution in [1.82, 2.24) is 4.57 Å². The van der Waals surface area contributed by atoms with Crippen molar-refractivity contribution in [2.75, 3.05) is 0 Å². The second-order valence-electron chi connectivity index (χ2n) is 9.80. The highest BCUT2D eigenvalue weighted by atomic mass is 32.1. The summed E-state index contributed by atoms with van der Waals surface area (Å²) in [5.74, 6) is 0.533. The lowest BCUT2D eigenvalue weighted by molar-refractivity contribution is 0.735. The van der Waals surface area contributed by atoms with Crippen LogP contribution in [0.3, 0.4) is 0 Å². The molecule has 0 amide bonds. The molecule has 0 aliphatic heterocycles. The number of para-hydroxylation sites is 1. The minimum Gasteiger partial charge on any atom is -0.309 e. The van der Waals surface area contributed by atoms with Crippen LogP contribution in [0.5, 0.6) is 0 Å². The summed E-state index contributed by atoms with van der Waals surface area (Å²) >= 11 is 1.95. The molecule has 0 saturated heterocycles. The van der Waals surface area contributed by atoms with Crippen LogP contribution in [0, 0.1) is 5.92 Å². The predicted octanol–water partition coefficient (Wildman–Crippen LogP) is 9.91. The van der Waals surface area contributed by atoms with Gasteiger partial charge in [0.05, 0.1) is 11.0 Å². The number of hydrogen-bond acceptors (Lipinski definition) is 1. The molecule has 7 aromatic rings. The van der Waals surface area contributed by atoms with Crippen molar-refractivity contribution in [2.24, 2.45) is 5.92 Å². The lowest BCUT2D eigenvalue weighted by Gasteiger charge is -2.16. The maximum absolute atomic E-state index is 2.53. The van der Waals surface area contributed by atoms with Crippen molar-refractivity contribution in [3.63, 3.8) is 0 Å². The minimum atomic E-state index is 0.533. The monoisotopic (exact) mass is 465 g/mol. The van der Waals surface area contributed by atoms with E-state index in [0.717, 1.165) is 6.42 Å². The second kappa shape index (κ2) is 7.07. The first-order valence-corrected chi connectivity index (χ1v) is 13.2. The molecule has 0 fully saturated rings. The van der Waals surface area contributed by atoms with Crippen LogP contribution in [0.1, 0.15) is 13.3 Å². The third-order valence-electron chi connectivity index (χ3n) is 7.64. The van der Waals surface area contributed by atoms with Crippen LogP contribution in [0.2, 0.25) is 0 Å². The van der Waals surface area contributed by atoms with Gasteiger partial charge in [0.25, 0.3) is 0 Å². The number of aromatic nitrogens is 1. The Morgan fingerprint density at radius 1 is 0.686 bits per heavy atom. The highest BCUT2D eigenvalue weighted by Crippen LogP contribution is 2.49. The number of thiophene rings is 1. The maximum atomic E-state index is 2.53.